The van der Waals surface area contributed by atoms with Crippen molar-refractivity contribution in [2.45, 2.75) is 13.5 Å². The van der Waals surface area contributed by atoms with Gasteiger partial charge in [-0.2, -0.15) is 5.10 Å². The van der Waals surface area contributed by atoms with Gasteiger partial charge in [-0.25, -0.2) is 0 Å². The number of nitrogens with zero attached hydrogens (tertiary/aromatic N) is 3. The van der Waals surface area contributed by atoms with Gasteiger partial charge in [0.1, 0.15) is 4.83 Å². The Morgan fingerprint density at radius 2 is 2.19 bits per heavy atom. The van der Waals surface area contributed by atoms with Gasteiger partial charge in [0.25, 0.3) is 5.91 Å². The van der Waals surface area contributed by atoms with E-state index in [-0.39, 0.29) is 5.91 Å². The largest absolute Gasteiger partial charge is 0.336 e. The van der Waals surface area contributed by atoms with Crippen molar-refractivity contribution in [1.29, 1.82) is 0 Å². The van der Waals surface area contributed by atoms with Crippen molar-refractivity contribution in [2.24, 2.45) is 7.05 Å². The molecule has 0 bridgehead atoms. The van der Waals surface area contributed by atoms with Crippen molar-refractivity contribution in [1.82, 2.24) is 14.7 Å². The SMILES string of the molecule is Cc1nn(C)c2sc(C(=O)N(C)Cc3ccc(Cl)s3)cc12. The second-order valence-electron chi connectivity index (χ2n) is 4.91. The molecule has 0 aliphatic heterocycles. The Hall–Kier alpha value is -1.37. The van der Waals surface area contributed by atoms with Crippen molar-refractivity contribution >= 4 is 50.4 Å². The third-order valence-electron chi connectivity index (χ3n) is 3.28. The Morgan fingerprint density at radius 1 is 1.43 bits per heavy atom. The maximum absolute atomic E-state index is 12.5. The van der Waals surface area contributed by atoms with E-state index in [2.05, 4.69) is 5.10 Å². The highest BCUT2D eigenvalue weighted by molar-refractivity contribution is 7.20. The number of halogens is 1. The Balaban J connectivity index is 1.84. The molecule has 0 spiro atoms. The van der Waals surface area contributed by atoms with E-state index in [0.29, 0.717) is 6.54 Å². The molecule has 0 atom stereocenters. The standard InChI is InChI=1S/C14H14ClN3OS2/c1-8-10-6-11(21-14(10)18(3)16-8)13(19)17(2)7-9-4-5-12(15)20-9/h4-6H,7H2,1-3H3. The minimum atomic E-state index is 0.0279. The molecule has 0 fully saturated rings. The lowest BCUT2D eigenvalue weighted by molar-refractivity contribution is 0.0791. The molecule has 3 rings (SSSR count). The summed E-state index contributed by atoms with van der Waals surface area (Å²) in [4.78, 5) is 17.1. The number of hydrogen-bond acceptors (Lipinski definition) is 4. The Labute approximate surface area is 135 Å². The van der Waals surface area contributed by atoms with Gasteiger partial charge in [0.15, 0.2) is 0 Å². The summed E-state index contributed by atoms with van der Waals surface area (Å²) in [6.45, 7) is 2.53. The van der Waals surface area contributed by atoms with Crippen molar-refractivity contribution in [3.8, 4) is 0 Å². The van der Waals surface area contributed by atoms with E-state index >= 15 is 0 Å². The van der Waals surface area contributed by atoms with Gasteiger partial charge in [0.2, 0.25) is 0 Å². The molecule has 110 valence electrons. The van der Waals surface area contributed by atoms with Crippen LogP contribution in [0.3, 0.4) is 0 Å². The van der Waals surface area contributed by atoms with E-state index in [9.17, 15) is 4.79 Å². The topological polar surface area (TPSA) is 38.1 Å². The zero-order valence-corrected chi connectivity index (χ0v) is 14.3. The zero-order valence-electron chi connectivity index (χ0n) is 11.9. The zero-order chi connectivity index (χ0) is 15.1. The fraction of sp³-hybridized carbons (Fsp3) is 0.286. The fourth-order valence-corrected chi connectivity index (χ4v) is 4.50. The molecule has 21 heavy (non-hydrogen) atoms. The number of aryl methyl sites for hydroxylation is 2. The van der Waals surface area contributed by atoms with Gasteiger partial charge >= 0.3 is 0 Å². The van der Waals surface area contributed by atoms with Crippen LogP contribution in [-0.4, -0.2) is 27.6 Å². The number of hydrogen-bond donors (Lipinski definition) is 0. The first kappa shape index (κ1) is 14.6. The van der Waals surface area contributed by atoms with Crippen molar-refractivity contribution in [2.75, 3.05) is 7.05 Å². The monoisotopic (exact) mass is 339 g/mol. The second kappa shape index (κ2) is 5.44. The summed E-state index contributed by atoms with van der Waals surface area (Å²) in [5.74, 6) is 0.0279. The molecule has 3 aromatic heterocycles. The summed E-state index contributed by atoms with van der Waals surface area (Å²) in [6, 6.07) is 5.74. The highest BCUT2D eigenvalue weighted by Crippen LogP contribution is 2.29. The molecule has 0 saturated heterocycles. The Morgan fingerprint density at radius 3 is 2.81 bits per heavy atom. The molecular formula is C14H14ClN3OS2. The van der Waals surface area contributed by atoms with Gasteiger partial charge in [0.05, 0.1) is 21.5 Å². The van der Waals surface area contributed by atoms with E-state index < -0.39 is 0 Å². The van der Waals surface area contributed by atoms with Gasteiger partial charge in [-0.05, 0) is 25.1 Å². The molecule has 0 unspecified atom stereocenters. The van der Waals surface area contributed by atoms with Crippen LogP contribution in [0.25, 0.3) is 10.2 Å². The summed E-state index contributed by atoms with van der Waals surface area (Å²) in [6.07, 6.45) is 0. The highest BCUT2D eigenvalue weighted by Gasteiger charge is 2.18. The second-order valence-corrected chi connectivity index (χ2v) is 7.74. The first-order valence-corrected chi connectivity index (χ1v) is 8.39. The number of fused-ring (bicyclic) bond motifs is 1. The molecule has 0 aromatic carbocycles. The van der Waals surface area contributed by atoms with Gasteiger partial charge < -0.3 is 4.90 Å². The van der Waals surface area contributed by atoms with E-state index in [0.717, 1.165) is 30.0 Å². The summed E-state index contributed by atoms with van der Waals surface area (Å²) < 4.78 is 2.57. The summed E-state index contributed by atoms with van der Waals surface area (Å²) in [7, 11) is 3.71. The first-order chi connectivity index (χ1) is 9.95. The normalized spacial score (nSPS) is 11.2. The lowest BCUT2D eigenvalue weighted by atomic mass is 10.3. The van der Waals surface area contributed by atoms with Crippen LogP contribution in [0.2, 0.25) is 4.34 Å². The van der Waals surface area contributed by atoms with E-state index in [1.807, 2.05) is 43.9 Å². The van der Waals surface area contributed by atoms with Crippen LogP contribution in [0.4, 0.5) is 0 Å². The van der Waals surface area contributed by atoms with Crippen LogP contribution in [0, 0.1) is 6.92 Å². The van der Waals surface area contributed by atoms with Crippen molar-refractivity contribution < 1.29 is 4.79 Å². The van der Waals surface area contributed by atoms with E-state index in [1.165, 1.54) is 22.7 Å². The molecule has 0 aliphatic rings. The quantitative estimate of drug-likeness (QED) is 0.725. The predicted molar refractivity (Wildman–Crippen MR) is 88.5 cm³/mol. The molecule has 0 N–H and O–H groups in total. The molecule has 7 heteroatoms. The number of aromatic nitrogens is 2. The lowest BCUT2D eigenvalue weighted by Crippen LogP contribution is -2.24. The van der Waals surface area contributed by atoms with Crippen LogP contribution in [0.5, 0.6) is 0 Å². The number of amides is 1. The molecule has 0 radical (unpaired) electrons. The van der Waals surface area contributed by atoms with Gasteiger partial charge in [-0.3, -0.25) is 9.48 Å². The summed E-state index contributed by atoms with van der Waals surface area (Å²) >= 11 is 8.91. The lowest BCUT2D eigenvalue weighted by Gasteiger charge is -2.14. The molecule has 3 heterocycles. The number of rotatable bonds is 3. The maximum atomic E-state index is 12.5. The number of thiophene rings is 2. The average Bonchev–Trinajstić information content (AvgIpc) is 3.09. The molecule has 0 aliphatic carbocycles. The predicted octanol–water partition coefficient (Wildman–Crippen LogP) is 3.93. The highest BCUT2D eigenvalue weighted by atomic mass is 35.5. The smallest absolute Gasteiger partial charge is 0.264 e. The minimum Gasteiger partial charge on any atom is -0.336 e. The van der Waals surface area contributed by atoms with Gasteiger partial charge in [0, 0.05) is 24.4 Å². The maximum Gasteiger partial charge on any atom is 0.264 e. The molecular weight excluding hydrogens is 326 g/mol. The first-order valence-electron chi connectivity index (χ1n) is 6.38. The number of carbonyl (C=O) groups excluding carboxylic acids is 1. The van der Waals surface area contributed by atoms with Crippen LogP contribution in [-0.2, 0) is 13.6 Å². The molecule has 4 nitrogen and oxygen atoms in total. The third-order valence-corrected chi connectivity index (χ3v) is 5.68. The van der Waals surface area contributed by atoms with Crippen LogP contribution in [0.15, 0.2) is 18.2 Å². The Bertz CT molecular complexity index is 783. The molecule has 1 amide bonds. The summed E-state index contributed by atoms with van der Waals surface area (Å²) in [5, 5.41) is 5.41. The Kier molecular flexibility index (Phi) is 3.77. The fourth-order valence-electron chi connectivity index (χ4n) is 2.24. The van der Waals surface area contributed by atoms with E-state index in [4.69, 9.17) is 11.6 Å². The van der Waals surface area contributed by atoms with Crippen LogP contribution in [0.1, 0.15) is 20.2 Å². The van der Waals surface area contributed by atoms with Crippen LogP contribution >= 0.6 is 34.3 Å². The van der Waals surface area contributed by atoms with Crippen molar-refractivity contribution in [3.63, 3.8) is 0 Å². The van der Waals surface area contributed by atoms with Crippen LogP contribution < -0.4 is 0 Å². The van der Waals surface area contributed by atoms with Gasteiger partial charge in [-0.1, -0.05) is 11.6 Å². The molecule has 3 aromatic rings. The van der Waals surface area contributed by atoms with Gasteiger partial charge in [-0.15, -0.1) is 22.7 Å². The minimum absolute atomic E-state index is 0.0279. The van der Waals surface area contributed by atoms with E-state index in [1.54, 1.807) is 4.90 Å². The summed E-state index contributed by atoms with van der Waals surface area (Å²) in [5.41, 5.74) is 0.954. The average molecular weight is 340 g/mol. The number of carbonyl (C=O) groups is 1. The van der Waals surface area contributed by atoms with Crippen molar-refractivity contribution in [3.05, 3.63) is 38.0 Å². The third kappa shape index (κ3) is 2.71. The molecule has 0 saturated carbocycles.